The van der Waals surface area contributed by atoms with E-state index >= 15 is 0 Å². The molecule has 0 aliphatic carbocycles. The molecule has 0 aliphatic rings. The molecular formula is C16H17BrClNO. The largest absolute Gasteiger partial charge is 0.492 e. The zero-order valence-corrected chi connectivity index (χ0v) is 13.9. The molecule has 0 fully saturated rings. The highest BCUT2D eigenvalue weighted by Gasteiger charge is 2.05. The number of nitrogens with one attached hydrogen (secondary N) is 1. The highest BCUT2D eigenvalue weighted by Crippen LogP contribution is 2.28. The topological polar surface area (TPSA) is 21.3 Å². The molecule has 20 heavy (non-hydrogen) atoms. The van der Waals surface area contributed by atoms with E-state index in [-0.39, 0.29) is 0 Å². The monoisotopic (exact) mass is 353 g/mol. The maximum atomic E-state index is 6.04. The molecular weight excluding hydrogens is 338 g/mol. The normalized spacial score (nSPS) is 10.4. The van der Waals surface area contributed by atoms with Gasteiger partial charge in [-0.05, 0) is 49.2 Å². The summed E-state index contributed by atoms with van der Waals surface area (Å²) in [5.41, 5.74) is 3.36. The average Bonchev–Trinajstić information content (AvgIpc) is 2.43. The molecule has 0 bridgehead atoms. The molecule has 0 amide bonds. The van der Waals surface area contributed by atoms with Gasteiger partial charge < -0.3 is 10.1 Å². The molecule has 2 aromatic carbocycles. The second-order valence-corrected chi connectivity index (χ2v) is 5.80. The number of halogens is 2. The second kappa shape index (κ2) is 7.00. The van der Waals surface area contributed by atoms with Crippen LogP contribution in [0.15, 0.2) is 40.9 Å². The summed E-state index contributed by atoms with van der Waals surface area (Å²) in [6.45, 7) is 5.41. The quantitative estimate of drug-likeness (QED) is 0.774. The molecule has 2 nitrogen and oxygen atoms in total. The van der Waals surface area contributed by atoms with E-state index in [1.807, 2.05) is 25.1 Å². The minimum absolute atomic E-state index is 0.633. The van der Waals surface area contributed by atoms with Gasteiger partial charge in [0, 0.05) is 16.0 Å². The van der Waals surface area contributed by atoms with Crippen molar-refractivity contribution in [1.29, 1.82) is 0 Å². The fraction of sp³-hybridized carbons (Fsp3) is 0.250. The third-order valence-electron chi connectivity index (χ3n) is 2.95. The molecule has 0 unspecified atom stereocenters. The van der Waals surface area contributed by atoms with Gasteiger partial charge in [-0.2, -0.15) is 0 Å². The molecule has 0 radical (unpaired) electrons. The first kappa shape index (κ1) is 15.2. The van der Waals surface area contributed by atoms with Gasteiger partial charge in [0.05, 0.1) is 12.3 Å². The highest BCUT2D eigenvalue weighted by atomic mass is 79.9. The van der Waals surface area contributed by atoms with Crippen LogP contribution < -0.4 is 10.1 Å². The van der Waals surface area contributed by atoms with Gasteiger partial charge in [-0.3, -0.25) is 0 Å². The Kier molecular flexibility index (Phi) is 5.32. The summed E-state index contributed by atoms with van der Waals surface area (Å²) in [6, 6.07) is 11.9. The van der Waals surface area contributed by atoms with Gasteiger partial charge >= 0.3 is 0 Å². The van der Waals surface area contributed by atoms with Crippen LogP contribution in [-0.4, -0.2) is 6.61 Å². The van der Waals surface area contributed by atoms with E-state index < -0.39 is 0 Å². The number of hydrogen-bond donors (Lipinski definition) is 1. The number of aryl methyl sites for hydroxylation is 1. The number of benzene rings is 2. The van der Waals surface area contributed by atoms with Gasteiger partial charge in [-0.25, -0.2) is 0 Å². The summed E-state index contributed by atoms with van der Waals surface area (Å²) in [6.07, 6.45) is 0. The highest BCUT2D eigenvalue weighted by molar-refractivity contribution is 9.10. The van der Waals surface area contributed by atoms with Crippen molar-refractivity contribution >= 4 is 33.2 Å². The van der Waals surface area contributed by atoms with Crippen LogP contribution in [0.2, 0.25) is 5.02 Å². The van der Waals surface area contributed by atoms with E-state index in [1.54, 1.807) is 0 Å². The van der Waals surface area contributed by atoms with E-state index in [2.05, 4.69) is 46.4 Å². The van der Waals surface area contributed by atoms with Crippen LogP contribution in [0.25, 0.3) is 0 Å². The summed E-state index contributed by atoms with van der Waals surface area (Å²) in [7, 11) is 0. The number of hydrogen-bond acceptors (Lipinski definition) is 2. The molecule has 0 heterocycles. The van der Waals surface area contributed by atoms with Gasteiger partial charge in [-0.1, -0.05) is 39.7 Å². The molecule has 0 aliphatic heterocycles. The minimum atomic E-state index is 0.633. The van der Waals surface area contributed by atoms with E-state index in [0.29, 0.717) is 11.6 Å². The fourth-order valence-corrected chi connectivity index (χ4v) is 2.35. The second-order valence-electron chi connectivity index (χ2n) is 4.51. The van der Waals surface area contributed by atoms with Gasteiger partial charge in [0.1, 0.15) is 5.75 Å². The molecule has 0 saturated heterocycles. The summed E-state index contributed by atoms with van der Waals surface area (Å²) in [5, 5.41) is 4.07. The Bertz CT molecular complexity index is 601. The third-order valence-corrected chi connectivity index (χ3v) is 4.07. The summed E-state index contributed by atoms with van der Waals surface area (Å²) >= 11 is 9.55. The van der Waals surface area contributed by atoms with Crippen LogP contribution in [0.3, 0.4) is 0 Å². The summed E-state index contributed by atoms with van der Waals surface area (Å²) < 4.78 is 6.72. The van der Waals surface area contributed by atoms with Crippen LogP contribution in [-0.2, 0) is 6.54 Å². The van der Waals surface area contributed by atoms with Gasteiger partial charge in [0.2, 0.25) is 0 Å². The van der Waals surface area contributed by atoms with Crippen molar-refractivity contribution in [2.75, 3.05) is 11.9 Å². The number of ether oxygens (including phenoxy) is 1. The van der Waals surface area contributed by atoms with Crippen LogP contribution in [0.1, 0.15) is 18.1 Å². The van der Waals surface area contributed by atoms with Crippen molar-refractivity contribution < 1.29 is 4.74 Å². The van der Waals surface area contributed by atoms with Crippen molar-refractivity contribution in [3.8, 4) is 5.75 Å². The predicted molar refractivity (Wildman–Crippen MR) is 88.8 cm³/mol. The Morgan fingerprint density at radius 1 is 1.20 bits per heavy atom. The van der Waals surface area contributed by atoms with Crippen molar-refractivity contribution in [3.05, 3.63) is 57.0 Å². The maximum absolute atomic E-state index is 6.04. The zero-order valence-electron chi connectivity index (χ0n) is 11.5. The lowest BCUT2D eigenvalue weighted by molar-refractivity contribution is 0.341. The molecule has 0 atom stereocenters. The van der Waals surface area contributed by atoms with Crippen LogP contribution in [0, 0.1) is 6.92 Å². The Balaban J connectivity index is 2.13. The smallest absolute Gasteiger partial charge is 0.142 e. The Morgan fingerprint density at radius 3 is 2.70 bits per heavy atom. The van der Waals surface area contributed by atoms with E-state index in [1.165, 1.54) is 11.1 Å². The molecule has 4 heteroatoms. The summed E-state index contributed by atoms with van der Waals surface area (Å²) in [4.78, 5) is 0. The zero-order chi connectivity index (χ0) is 14.5. The van der Waals surface area contributed by atoms with Gasteiger partial charge in [-0.15, -0.1) is 0 Å². The molecule has 1 N–H and O–H groups in total. The number of rotatable bonds is 5. The molecule has 0 saturated carbocycles. The molecule has 0 spiro atoms. The first-order valence-corrected chi connectivity index (χ1v) is 7.68. The number of anilines is 1. The van der Waals surface area contributed by atoms with Gasteiger partial charge in [0.15, 0.2) is 0 Å². The molecule has 106 valence electrons. The third kappa shape index (κ3) is 3.90. The predicted octanol–water partition coefficient (Wildman–Crippen LogP) is 5.42. The van der Waals surface area contributed by atoms with Crippen LogP contribution >= 0.6 is 27.5 Å². The van der Waals surface area contributed by atoms with Gasteiger partial charge in [0.25, 0.3) is 0 Å². The van der Waals surface area contributed by atoms with Crippen molar-refractivity contribution in [2.24, 2.45) is 0 Å². The van der Waals surface area contributed by atoms with E-state index in [4.69, 9.17) is 16.3 Å². The first-order chi connectivity index (χ1) is 9.60. The van der Waals surface area contributed by atoms with Crippen molar-refractivity contribution in [3.63, 3.8) is 0 Å². The first-order valence-electron chi connectivity index (χ1n) is 6.51. The van der Waals surface area contributed by atoms with Crippen LogP contribution in [0.4, 0.5) is 5.69 Å². The van der Waals surface area contributed by atoms with Crippen molar-refractivity contribution in [2.45, 2.75) is 20.4 Å². The minimum Gasteiger partial charge on any atom is -0.492 e. The Hall–Kier alpha value is -1.19. The van der Waals surface area contributed by atoms with Crippen LogP contribution in [0.5, 0.6) is 5.75 Å². The molecule has 0 aromatic heterocycles. The standard InChI is InChI=1S/C16H17BrClNO/c1-3-20-16-7-5-13(18)9-15(16)19-10-12-4-6-14(17)11(2)8-12/h4-9,19H,3,10H2,1-2H3. The Labute approximate surface area is 133 Å². The molecule has 2 aromatic rings. The molecule has 2 rings (SSSR count). The van der Waals surface area contributed by atoms with E-state index in [9.17, 15) is 0 Å². The van der Waals surface area contributed by atoms with Crippen molar-refractivity contribution in [1.82, 2.24) is 0 Å². The SMILES string of the molecule is CCOc1ccc(Cl)cc1NCc1ccc(Br)c(C)c1. The lowest BCUT2D eigenvalue weighted by Crippen LogP contribution is -2.03. The lowest BCUT2D eigenvalue weighted by Gasteiger charge is -2.13. The lowest BCUT2D eigenvalue weighted by atomic mass is 10.1. The Morgan fingerprint density at radius 2 is 2.00 bits per heavy atom. The van der Waals surface area contributed by atoms with E-state index in [0.717, 1.165) is 22.5 Å². The average molecular weight is 355 g/mol. The maximum Gasteiger partial charge on any atom is 0.142 e. The summed E-state index contributed by atoms with van der Waals surface area (Å²) in [5.74, 6) is 0.825. The fourth-order valence-electron chi connectivity index (χ4n) is 1.94.